The highest BCUT2D eigenvalue weighted by molar-refractivity contribution is 8.17. The van der Waals surface area contributed by atoms with E-state index in [1.807, 2.05) is 0 Å². The van der Waals surface area contributed by atoms with Crippen LogP contribution in [0.4, 0.5) is 0 Å². The molecule has 0 aromatic heterocycles. The second kappa shape index (κ2) is 13.1. The van der Waals surface area contributed by atoms with Gasteiger partial charge in [-0.25, -0.2) is 0 Å². The Bertz CT molecular complexity index is 228. The van der Waals surface area contributed by atoms with Crippen LogP contribution >= 0.6 is 23.5 Å². The number of hydrogen-bond donors (Lipinski definition) is 2. The monoisotopic (exact) mass is 290 g/mol. The van der Waals surface area contributed by atoms with E-state index in [2.05, 4.69) is 23.8 Å². The van der Waals surface area contributed by atoms with E-state index < -0.39 is 0 Å². The number of nitrogens with two attached hydrogens (primary N) is 2. The van der Waals surface area contributed by atoms with Crippen LogP contribution < -0.4 is 11.5 Å². The van der Waals surface area contributed by atoms with Crippen molar-refractivity contribution in [3.05, 3.63) is 0 Å². The van der Waals surface area contributed by atoms with Crippen LogP contribution in [0.3, 0.4) is 0 Å². The predicted octanol–water partition coefficient (Wildman–Crippen LogP) is 2.68. The van der Waals surface area contributed by atoms with Gasteiger partial charge in [-0.3, -0.25) is 9.98 Å². The van der Waals surface area contributed by atoms with Gasteiger partial charge >= 0.3 is 0 Å². The number of rotatable bonds is 9. The molecule has 0 atom stereocenters. The van der Waals surface area contributed by atoms with E-state index in [9.17, 15) is 0 Å². The van der Waals surface area contributed by atoms with Gasteiger partial charge in [-0.15, -0.1) is 0 Å². The van der Waals surface area contributed by atoms with E-state index in [4.69, 9.17) is 11.5 Å². The van der Waals surface area contributed by atoms with E-state index >= 15 is 0 Å². The molecule has 0 aliphatic rings. The van der Waals surface area contributed by atoms with Crippen LogP contribution in [-0.4, -0.2) is 34.9 Å². The van der Waals surface area contributed by atoms with Crippen molar-refractivity contribution in [1.29, 1.82) is 0 Å². The van der Waals surface area contributed by atoms with Gasteiger partial charge in [0.25, 0.3) is 0 Å². The molecular weight excluding hydrogens is 264 g/mol. The lowest BCUT2D eigenvalue weighted by Gasteiger charge is -2.02. The number of aliphatic imine (C=N–C) groups is 2. The minimum Gasteiger partial charge on any atom is -0.379 e. The van der Waals surface area contributed by atoms with E-state index in [1.165, 1.54) is 0 Å². The summed E-state index contributed by atoms with van der Waals surface area (Å²) in [7, 11) is 0. The fourth-order valence-corrected chi connectivity index (χ4v) is 2.53. The minimum atomic E-state index is 0.686. The van der Waals surface area contributed by atoms with Gasteiger partial charge in [0, 0.05) is 24.6 Å². The molecule has 4 N–H and O–H groups in total. The Hall–Kier alpha value is -0.360. The summed E-state index contributed by atoms with van der Waals surface area (Å²) in [5.74, 6) is 1.85. The average molecular weight is 291 g/mol. The molecule has 0 aromatic carbocycles. The second-order valence-corrected chi connectivity index (χ2v) is 6.07. The molecule has 0 radical (unpaired) electrons. The molecule has 0 rings (SSSR count). The van der Waals surface area contributed by atoms with Gasteiger partial charge in [0.1, 0.15) is 0 Å². The van der Waals surface area contributed by atoms with E-state index in [-0.39, 0.29) is 0 Å². The molecule has 0 aliphatic carbocycles. The van der Waals surface area contributed by atoms with Crippen LogP contribution in [0.15, 0.2) is 9.98 Å². The lowest BCUT2D eigenvalue weighted by Crippen LogP contribution is -2.11. The smallest absolute Gasteiger partial charge is 0.153 e. The Morgan fingerprint density at radius 3 is 1.56 bits per heavy atom. The quantitative estimate of drug-likeness (QED) is 0.389. The molecule has 18 heavy (non-hydrogen) atoms. The van der Waals surface area contributed by atoms with Crippen LogP contribution in [-0.2, 0) is 0 Å². The molecule has 0 amide bonds. The molecule has 0 bridgehead atoms. The third-order valence-electron chi connectivity index (χ3n) is 2.14. The molecule has 0 spiro atoms. The van der Waals surface area contributed by atoms with Gasteiger partial charge in [0.05, 0.1) is 0 Å². The first-order valence-corrected chi connectivity index (χ1v) is 8.53. The van der Waals surface area contributed by atoms with Crippen molar-refractivity contribution in [3.8, 4) is 0 Å². The minimum absolute atomic E-state index is 0.686. The highest BCUT2D eigenvalue weighted by Crippen LogP contribution is 2.07. The van der Waals surface area contributed by atoms with E-state index in [1.54, 1.807) is 23.5 Å². The van der Waals surface area contributed by atoms with E-state index in [0.717, 1.165) is 50.3 Å². The van der Waals surface area contributed by atoms with Crippen molar-refractivity contribution in [3.63, 3.8) is 0 Å². The Morgan fingerprint density at radius 2 is 1.22 bits per heavy atom. The summed E-state index contributed by atoms with van der Waals surface area (Å²) in [6.45, 7) is 5.97. The van der Waals surface area contributed by atoms with Gasteiger partial charge in [0.15, 0.2) is 10.3 Å². The maximum Gasteiger partial charge on any atom is 0.153 e. The molecule has 0 aliphatic heterocycles. The van der Waals surface area contributed by atoms with Crippen molar-refractivity contribution in [2.24, 2.45) is 21.5 Å². The summed E-state index contributed by atoms with van der Waals surface area (Å²) in [4.78, 5) is 8.56. The number of amidine groups is 2. The summed E-state index contributed by atoms with van der Waals surface area (Å²) >= 11 is 3.19. The first kappa shape index (κ1) is 17.6. The summed E-state index contributed by atoms with van der Waals surface area (Å²) < 4.78 is 0. The third kappa shape index (κ3) is 12.1. The Kier molecular flexibility index (Phi) is 12.8. The summed E-state index contributed by atoms with van der Waals surface area (Å²) in [6.07, 6.45) is 4.52. The Labute approximate surface area is 119 Å². The van der Waals surface area contributed by atoms with Gasteiger partial charge in [-0.1, -0.05) is 50.2 Å². The van der Waals surface area contributed by atoms with Crippen LogP contribution in [0.25, 0.3) is 0 Å². The summed E-state index contributed by atoms with van der Waals surface area (Å²) in [5.41, 5.74) is 11.5. The highest BCUT2D eigenvalue weighted by atomic mass is 32.2. The number of nitrogens with zero attached hydrogens (tertiary/aromatic N) is 2. The molecule has 0 fully saturated rings. The van der Waals surface area contributed by atoms with Crippen LogP contribution in [0, 0.1) is 0 Å². The molecule has 0 aromatic rings. The van der Waals surface area contributed by atoms with Gasteiger partial charge in [0.2, 0.25) is 0 Å². The van der Waals surface area contributed by atoms with Crippen LogP contribution in [0.1, 0.15) is 39.5 Å². The zero-order valence-corrected chi connectivity index (χ0v) is 13.2. The number of thioether (sulfide) groups is 2. The Morgan fingerprint density at radius 1 is 0.833 bits per heavy atom. The van der Waals surface area contributed by atoms with Gasteiger partial charge in [-0.2, -0.15) is 0 Å². The maximum absolute atomic E-state index is 5.77. The number of hydrogen-bond acceptors (Lipinski definition) is 4. The third-order valence-corrected chi connectivity index (χ3v) is 4.07. The van der Waals surface area contributed by atoms with Crippen LogP contribution in [0.2, 0.25) is 0 Å². The SMILES string of the molecule is CCCCN=C(N)SCCSC(N)=NCCCC. The van der Waals surface area contributed by atoms with E-state index in [0.29, 0.717) is 10.3 Å². The van der Waals surface area contributed by atoms with Crippen molar-refractivity contribution in [2.45, 2.75) is 39.5 Å². The van der Waals surface area contributed by atoms with Crippen molar-refractivity contribution < 1.29 is 0 Å². The zero-order valence-electron chi connectivity index (χ0n) is 11.5. The highest BCUT2D eigenvalue weighted by Gasteiger charge is 1.97. The second-order valence-electron chi connectivity index (χ2n) is 3.84. The molecule has 0 saturated heterocycles. The molecule has 0 unspecified atom stereocenters. The molecule has 0 heterocycles. The number of unbranched alkanes of at least 4 members (excludes halogenated alkanes) is 2. The van der Waals surface area contributed by atoms with Crippen molar-refractivity contribution >= 4 is 33.9 Å². The lowest BCUT2D eigenvalue weighted by atomic mass is 10.3. The molecule has 4 nitrogen and oxygen atoms in total. The molecule has 106 valence electrons. The first-order valence-electron chi connectivity index (χ1n) is 6.56. The Balaban J connectivity index is 3.54. The van der Waals surface area contributed by atoms with Crippen molar-refractivity contribution in [2.75, 3.05) is 24.6 Å². The normalized spacial score (nSPS) is 13.0. The largest absolute Gasteiger partial charge is 0.379 e. The fourth-order valence-electron chi connectivity index (χ4n) is 1.08. The van der Waals surface area contributed by atoms with Crippen LogP contribution in [0.5, 0.6) is 0 Å². The standard InChI is InChI=1S/C12H26N4S2/c1-3-5-7-15-11(13)17-9-10-18-12(14)16-8-6-4-2/h3-10H2,1-2H3,(H2,13,15)(H2,14,16). The van der Waals surface area contributed by atoms with Gasteiger partial charge < -0.3 is 11.5 Å². The summed E-state index contributed by atoms with van der Waals surface area (Å²) in [6, 6.07) is 0. The van der Waals surface area contributed by atoms with Crippen molar-refractivity contribution in [1.82, 2.24) is 0 Å². The molecular formula is C12H26N4S2. The topological polar surface area (TPSA) is 76.8 Å². The first-order chi connectivity index (χ1) is 8.70. The molecule has 6 heteroatoms. The lowest BCUT2D eigenvalue weighted by molar-refractivity contribution is 0.809. The average Bonchev–Trinajstić information content (AvgIpc) is 2.35. The maximum atomic E-state index is 5.77. The van der Waals surface area contributed by atoms with Gasteiger partial charge in [-0.05, 0) is 12.8 Å². The predicted molar refractivity (Wildman–Crippen MR) is 87.7 cm³/mol. The molecule has 0 saturated carbocycles. The zero-order chi connectivity index (χ0) is 13.6. The summed E-state index contributed by atoms with van der Waals surface area (Å²) in [5, 5.41) is 1.37. The fraction of sp³-hybridized carbons (Fsp3) is 0.833.